The molecule has 0 radical (unpaired) electrons. The van der Waals surface area contributed by atoms with Gasteiger partial charge >= 0.3 is 0 Å². The van der Waals surface area contributed by atoms with Gasteiger partial charge in [0.25, 0.3) is 0 Å². The Labute approximate surface area is 86.1 Å². The van der Waals surface area contributed by atoms with Crippen LogP contribution in [0.15, 0.2) is 0 Å². The summed E-state index contributed by atoms with van der Waals surface area (Å²) in [5, 5.41) is 8.79. The van der Waals surface area contributed by atoms with E-state index in [4.69, 9.17) is 5.11 Å². The highest BCUT2D eigenvalue weighted by molar-refractivity contribution is 5.80. The Morgan fingerprint density at radius 1 is 1.57 bits per heavy atom. The van der Waals surface area contributed by atoms with Crippen LogP contribution in [0.4, 0.5) is 0 Å². The van der Waals surface area contributed by atoms with Gasteiger partial charge in [-0.3, -0.25) is 9.69 Å². The number of hydrogen-bond donors (Lipinski definition) is 1. The molecule has 14 heavy (non-hydrogen) atoms. The molecule has 1 heterocycles. The first kappa shape index (κ1) is 11.7. The Kier molecular flexibility index (Phi) is 5.12. The van der Waals surface area contributed by atoms with Crippen molar-refractivity contribution in [3.63, 3.8) is 0 Å². The number of carbonyl (C=O) groups excluding carboxylic acids is 1. The largest absolute Gasteiger partial charge is 0.396 e. The van der Waals surface area contributed by atoms with E-state index in [1.165, 1.54) is 0 Å². The molecular weight excluding hydrogens is 178 g/mol. The second kappa shape index (κ2) is 6.14. The molecule has 0 aromatic carbocycles. The predicted molar refractivity (Wildman–Crippen MR) is 56.2 cm³/mol. The SMILES string of the molecule is CCCC(=O)CN1CCC(CCO)C1. The molecular formula is C11H21NO2. The summed E-state index contributed by atoms with van der Waals surface area (Å²) in [6.45, 7) is 4.96. The Hall–Kier alpha value is -0.410. The first-order chi connectivity index (χ1) is 6.76. The molecule has 1 saturated heterocycles. The van der Waals surface area contributed by atoms with Crippen molar-refractivity contribution in [2.24, 2.45) is 5.92 Å². The predicted octanol–water partition coefficient (Wildman–Crippen LogP) is 1.06. The summed E-state index contributed by atoms with van der Waals surface area (Å²) in [5.74, 6) is 0.964. The Bertz CT molecular complexity index is 182. The van der Waals surface area contributed by atoms with Crippen molar-refractivity contribution in [1.29, 1.82) is 0 Å². The summed E-state index contributed by atoms with van der Waals surface area (Å²) in [6, 6.07) is 0. The van der Waals surface area contributed by atoms with Crippen LogP contribution in [-0.4, -0.2) is 42.0 Å². The van der Waals surface area contributed by atoms with Gasteiger partial charge in [-0.05, 0) is 31.7 Å². The maximum absolute atomic E-state index is 11.4. The summed E-state index contributed by atoms with van der Waals surface area (Å²) in [6.07, 6.45) is 3.69. The van der Waals surface area contributed by atoms with Crippen LogP contribution in [0.2, 0.25) is 0 Å². The lowest BCUT2D eigenvalue weighted by atomic mass is 10.1. The van der Waals surface area contributed by atoms with Crippen LogP contribution in [0.3, 0.4) is 0 Å². The lowest BCUT2D eigenvalue weighted by Crippen LogP contribution is -2.27. The van der Waals surface area contributed by atoms with Crippen LogP contribution in [0, 0.1) is 5.92 Å². The highest BCUT2D eigenvalue weighted by atomic mass is 16.3. The number of aliphatic hydroxyl groups is 1. The minimum absolute atomic E-state index is 0.279. The first-order valence-corrected chi connectivity index (χ1v) is 5.61. The first-order valence-electron chi connectivity index (χ1n) is 5.61. The van der Waals surface area contributed by atoms with Crippen LogP contribution in [0.25, 0.3) is 0 Å². The van der Waals surface area contributed by atoms with Gasteiger partial charge in [0.1, 0.15) is 5.78 Å². The second-order valence-electron chi connectivity index (χ2n) is 4.19. The summed E-state index contributed by atoms with van der Waals surface area (Å²) in [7, 11) is 0. The highest BCUT2D eigenvalue weighted by Crippen LogP contribution is 2.18. The van der Waals surface area contributed by atoms with Gasteiger partial charge in [-0.1, -0.05) is 6.92 Å². The maximum atomic E-state index is 11.4. The van der Waals surface area contributed by atoms with Crippen molar-refractivity contribution >= 4 is 5.78 Å². The zero-order valence-electron chi connectivity index (χ0n) is 9.04. The molecule has 0 saturated carbocycles. The number of carbonyl (C=O) groups is 1. The van der Waals surface area contributed by atoms with Crippen molar-refractivity contribution < 1.29 is 9.90 Å². The molecule has 3 nitrogen and oxygen atoms in total. The third-order valence-corrected chi connectivity index (χ3v) is 2.84. The van der Waals surface area contributed by atoms with E-state index >= 15 is 0 Å². The van der Waals surface area contributed by atoms with Crippen molar-refractivity contribution in [3.8, 4) is 0 Å². The fourth-order valence-corrected chi connectivity index (χ4v) is 2.08. The molecule has 1 unspecified atom stereocenters. The molecule has 0 bridgehead atoms. The molecule has 0 aromatic rings. The summed E-state index contributed by atoms with van der Waals surface area (Å²) in [4.78, 5) is 13.6. The van der Waals surface area contributed by atoms with Crippen molar-refractivity contribution in [2.45, 2.75) is 32.6 Å². The van der Waals surface area contributed by atoms with Crippen molar-refractivity contribution in [2.75, 3.05) is 26.2 Å². The standard InChI is InChI=1S/C11H21NO2/c1-2-3-11(14)9-12-6-4-10(8-12)5-7-13/h10,13H,2-9H2,1H3. The summed E-state index contributed by atoms with van der Waals surface area (Å²) < 4.78 is 0. The molecule has 0 aromatic heterocycles. The highest BCUT2D eigenvalue weighted by Gasteiger charge is 2.22. The minimum atomic E-state index is 0.279. The van der Waals surface area contributed by atoms with Crippen LogP contribution in [-0.2, 0) is 4.79 Å². The van der Waals surface area contributed by atoms with Crippen molar-refractivity contribution in [3.05, 3.63) is 0 Å². The quantitative estimate of drug-likeness (QED) is 0.695. The number of nitrogens with zero attached hydrogens (tertiary/aromatic N) is 1. The van der Waals surface area contributed by atoms with E-state index in [0.717, 1.165) is 32.4 Å². The Morgan fingerprint density at radius 3 is 3.00 bits per heavy atom. The van der Waals surface area contributed by atoms with E-state index in [2.05, 4.69) is 4.90 Å². The normalized spacial score (nSPS) is 22.9. The van der Waals surface area contributed by atoms with Crippen LogP contribution in [0.1, 0.15) is 32.6 Å². The molecule has 1 N–H and O–H groups in total. The number of aliphatic hydroxyl groups excluding tert-OH is 1. The van der Waals surface area contributed by atoms with Gasteiger partial charge in [-0.25, -0.2) is 0 Å². The molecule has 1 aliphatic heterocycles. The average molecular weight is 199 g/mol. The molecule has 0 amide bonds. The smallest absolute Gasteiger partial charge is 0.146 e. The molecule has 82 valence electrons. The van der Waals surface area contributed by atoms with E-state index in [0.29, 0.717) is 24.7 Å². The van der Waals surface area contributed by atoms with E-state index in [1.807, 2.05) is 6.92 Å². The monoisotopic (exact) mass is 199 g/mol. The van der Waals surface area contributed by atoms with Crippen LogP contribution in [0.5, 0.6) is 0 Å². The molecule has 1 aliphatic rings. The van der Waals surface area contributed by atoms with Gasteiger partial charge in [0, 0.05) is 19.6 Å². The van der Waals surface area contributed by atoms with E-state index in [9.17, 15) is 4.79 Å². The number of Topliss-reactive ketones (excluding diaryl/α,β-unsaturated/α-hetero) is 1. The minimum Gasteiger partial charge on any atom is -0.396 e. The molecule has 0 aliphatic carbocycles. The third kappa shape index (κ3) is 3.76. The van der Waals surface area contributed by atoms with Gasteiger partial charge in [-0.2, -0.15) is 0 Å². The number of likely N-dealkylation sites (tertiary alicyclic amines) is 1. The van der Waals surface area contributed by atoms with Gasteiger partial charge in [0.15, 0.2) is 0 Å². The molecule has 1 rings (SSSR count). The average Bonchev–Trinajstić information content (AvgIpc) is 2.53. The van der Waals surface area contributed by atoms with Gasteiger partial charge in [-0.15, -0.1) is 0 Å². The Morgan fingerprint density at radius 2 is 2.36 bits per heavy atom. The van der Waals surface area contributed by atoms with E-state index in [-0.39, 0.29) is 6.61 Å². The Balaban J connectivity index is 2.18. The van der Waals surface area contributed by atoms with Gasteiger partial charge < -0.3 is 5.11 Å². The maximum Gasteiger partial charge on any atom is 0.146 e. The number of ketones is 1. The fraction of sp³-hybridized carbons (Fsp3) is 0.909. The number of hydrogen-bond acceptors (Lipinski definition) is 3. The van der Waals surface area contributed by atoms with Gasteiger partial charge in [0.05, 0.1) is 6.54 Å². The molecule has 1 fully saturated rings. The van der Waals surface area contributed by atoms with E-state index < -0.39 is 0 Å². The van der Waals surface area contributed by atoms with E-state index in [1.54, 1.807) is 0 Å². The fourth-order valence-electron chi connectivity index (χ4n) is 2.08. The summed E-state index contributed by atoms with van der Waals surface area (Å²) in [5.41, 5.74) is 0. The number of rotatable bonds is 6. The molecule has 0 spiro atoms. The third-order valence-electron chi connectivity index (χ3n) is 2.84. The van der Waals surface area contributed by atoms with Gasteiger partial charge in [0.2, 0.25) is 0 Å². The second-order valence-corrected chi connectivity index (χ2v) is 4.19. The zero-order chi connectivity index (χ0) is 10.4. The van der Waals surface area contributed by atoms with Crippen LogP contribution < -0.4 is 0 Å². The molecule has 1 atom stereocenters. The summed E-state index contributed by atoms with van der Waals surface area (Å²) >= 11 is 0. The zero-order valence-corrected chi connectivity index (χ0v) is 9.04. The lowest BCUT2D eigenvalue weighted by Gasteiger charge is -2.14. The topological polar surface area (TPSA) is 40.5 Å². The van der Waals surface area contributed by atoms with Crippen LogP contribution >= 0.6 is 0 Å². The van der Waals surface area contributed by atoms with Crippen molar-refractivity contribution in [1.82, 2.24) is 4.90 Å². The molecule has 3 heteroatoms. The lowest BCUT2D eigenvalue weighted by molar-refractivity contribution is -0.120.